The van der Waals surface area contributed by atoms with Crippen LogP contribution >= 0.6 is 0 Å². The van der Waals surface area contributed by atoms with Crippen molar-refractivity contribution < 1.29 is 4.39 Å². The maximum absolute atomic E-state index is 14.9. The molecule has 0 unspecified atom stereocenters. The minimum Gasteiger partial charge on any atom is -0.317 e. The fourth-order valence-electron chi connectivity index (χ4n) is 3.93. The molecule has 5 nitrogen and oxygen atoms in total. The van der Waals surface area contributed by atoms with Gasteiger partial charge in [-0.1, -0.05) is 6.07 Å². The third kappa shape index (κ3) is 2.96. The van der Waals surface area contributed by atoms with E-state index in [4.69, 9.17) is 0 Å². The highest BCUT2D eigenvalue weighted by Gasteiger charge is 2.18. The summed E-state index contributed by atoms with van der Waals surface area (Å²) in [5.74, 6) is 0.106. The molecule has 0 atom stereocenters. The van der Waals surface area contributed by atoms with Gasteiger partial charge in [0.15, 0.2) is 0 Å². The van der Waals surface area contributed by atoms with Gasteiger partial charge in [0, 0.05) is 29.9 Å². The molecule has 0 radical (unpaired) electrons. The molecule has 1 N–H and O–H groups in total. The summed E-state index contributed by atoms with van der Waals surface area (Å²) >= 11 is 0. The summed E-state index contributed by atoms with van der Waals surface area (Å²) in [5.41, 5.74) is 4.16. The molecular formula is C21H20FN5. The van der Waals surface area contributed by atoms with E-state index in [9.17, 15) is 4.39 Å². The normalized spacial score (nSPS) is 15.6. The zero-order chi connectivity index (χ0) is 18.4. The molecule has 1 fully saturated rings. The first-order chi connectivity index (χ1) is 13.2. The van der Waals surface area contributed by atoms with Crippen LogP contribution in [0.1, 0.15) is 24.5 Å². The van der Waals surface area contributed by atoms with E-state index in [0.29, 0.717) is 16.8 Å². The topological polar surface area (TPSA) is 55.6 Å². The summed E-state index contributed by atoms with van der Waals surface area (Å²) < 4.78 is 16.7. The SMILES string of the molecule is Cn1cc2cc(-c3cc(F)c4cc(C5CCNCC5)nnc4c3)ccc2n1. The number of hydrogen-bond acceptors (Lipinski definition) is 4. The second-order valence-electron chi connectivity index (χ2n) is 7.26. The predicted molar refractivity (Wildman–Crippen MR) is 104 cm³/mol. The molecule has 3 heterocycles. The second-order valence-corrected chi connectivity index (χ2v) is 7.26. The fourth-order valence-corrected chi connectivity index (χ4v) is 3.93. The predicted octanol–water partition coefficient (Wildman–Crippen LogP) is 3.79. The van der Waals surface area contributed by atoms with E-state index in [0.717, 1.165) is 53.7 Å². The molecule has 1 aliphatic rings. The number of piperidine rings is 1. The molecule has 1 aliphatic heterocycles. The van der Waals surface area contributed by atoms with Crippen LogP contribution in [-0.4, -0.2) is 33.1 Å². The van der Waals surface area contributed by atoms with Crippen LogP contribution < -0.4 is 5.32 Å². The van der Waals surface area contributed by atoms with Gasteiger partial charge < -0.3 is 5.32 Å². The van der Waals surface area contributed by atoms with Crippen LogP contribution in [0.5, 0.6) is 0 Å². The van der Waals surface area contributed by atoms with E-state index in [1.165, 1.54) is 0 Å². The average molecular weight is 361 g/mol. The summed E-state index contributed by atoms with van der Waals surface area (Å²) in [6, 6.07) is 11.3. The van der Waals surface area contributed by atoms with Crippen molar-refractivity contribution in [3.05, 3.63) is 54.1 Å². The number of aromatic nitrogens is 4. The largest absolute Gasteiger partial charge is 0.317 e. The van der Waals surface area contributed by atoms with Crippen LogP contribution in [0.4, 0.5) is 4.39 Å². The van der Waals surface area contributed by atoms with Crippen LogP contribution in [0.2, 0.25) is 0 Å². The van der Waals surface area contributed by atoms with Gasteiger partial charge in [-0.05, 0) is 67.4 Å². The Morgan fingerprint density at radius 3 is 2.70 bits per heavy atom. The highest BCUT2D eigenvalue weighted by atomic mass is 19.1. The van der Waals surface area contributed by atoms with Gasteiger partial charge in [0.1, 0.15) is 5.82 Å². The lowest BCUT2D eigenvalue weighted by Crippen LogP contribution is -2.27. The summed E-state index contributed by atoms with van der Waals surface area (Å²) in [4.78, 5) is 0. The Bertz CT molecular complexity index is 1140. The monoisotopic (exact) mass is 361 g/mol. The number of hydrogen-bond donors (Lipinski definition) is 1. The third-order valence-corrected chi connectivity index (χ3v) is 5.38. The lowest BCUT2D eigenvalue weighted by molar-refractivity contribution is 0.451. The maximum atomic E-state index is 14.9. The van der Waals surface area contributed by atoms with Crippen LogP contribution in [0.15, 0.2) is 42.6 Å². The van der Waals surface area contributed by atoms with Crippen molar-refractivity contribution in [1.29, 1.82) is 0 Å². The molecule has 6 heteroatoms. The summed E-state index contributed by atoms with van der Waals surface area (Å²) in [6.45, 7) is 1.95. The van der Waals surface area contributed by atoms with Gasteiger partial charge >= 0.3 is 0 Å². The first-order valence-corrected chi connectivity index (χ1v) is 9.29. The van der Waals surface area contributed by atoms with Crippen molar-refractivity contribution >= 4 is 21.8 Å². The molecule has 136 valence electrons. The van der Waals surface area contributed by atoms with Crippen molar-refractivity contribution in [2.75, 3.05) is 13.1 Å². The number of fused-ring (bicyclic) bond motifs is 2. The zero-order valence-electron chi connectivity index (χ0n) is 15.1. The van der Waals surface area contributed by atoms with E-state index in [1.54, 1.807) is 10.7 Å². The summed E-state index contributed by atoms with van der Waals surface area (Å²) in [6.07, 6.45) is 4.00. The molecule has 0 spiro atoms. The molecular weight excluding hydrogens is 341 g/mol. The van der Waals surface area contributed by atoms with E-state index >= 15 is 0 Å². The highest BCUT2D eigenvalue weighted by Crippen LogP contribution is 2.30. The summed E-state index contributed by atoms with van der Waals surface area (Å²) in [7, 11) is 1.89. The van der Waals surface area contributed by atoms with Gasteiger partial charge in [0.05, 0.1) is 16.7 Å². The van der Waals surface area contributed by atoms with Crippen LogP contribution in [0.3, 0.4) is 0 Å². The Labute approximate surface area is 156 Å². The molecule has 4 aromatic rings. The quantitative estimate of drug-likeness (QED) is 0.590. The minimum absolute atomic E-state index is 0.251. The molecule has 0 saturated carbocycles. The molecule has 0 bridgehead atoms. The Hall–Kier alpha value is -2.86. The second kappa shape index (κ2) is 6.39. The van der Waals surface area contributed by atoms with Gasteiger partial charge in [-0.2, -0.15) is 15.3 Å². The van der Waals surface area contributed by atoms with E-state index < -0.39 is 0 Å². The number of aryl methyl sites for hydroxylation is 1. The molecule has 2 aromatic heterocycles. The molecule has 5 rings (SSSR count). The first-order valence-electron chi connectivity index (χ1n) is 9.29. The van der Waals surface area contributed by atoms with Gasteiger partial charge in [-0.15, -0.1) is 0 Å². The Kier molecular flexibility index (Phi) is 3.86. The number of halogens is 1. The summed E-state index contributed by atoms with van der Waals surface area (Å²) in [5, 5.41) is 18.1. The highest BCUT2D eigenvalue weighted by molar-refractivity contribution is 5.88. The average Bonchev–Trinajstić information content (AvgIpc) is 3.07. The van der Waals surface area contributed by atoms with Crippen molar-refractivity contribution in [1.82, 2.24) is 25.3 Å². The standard InChI is InChI=1S/C21H20FN5/c1-27-12-16-8-14(2-3-19(16)26-27)15-9-18(22)17-11-20(24-25-21(17)10-15)13-4-6-23-7-5-13/h2-3,8-13,23H,4-7H2,1H3. The lowest BCUT2D eigenvalue weighted by Gasteiger charge is -2.21. The molecule has 2 aromatic carbocycles. The third-order valence-electron chi connectivity index (χ3n) is 5.38. The van der Waals surface area contributed by atoms with E-state index in [1.807, 2.05) is 43.6 Å². The Morgan fingerprint density at radius 1 is 1.00 bits per heavy atom. The van der Waals surface area contributed by atoms with Gasteiger partial charge in [0.2, 0.25) is 0 Å². The number of nitrogens with zero attached hydrogens (tertiary/aromatic N) is 4. The Morgan fingerprint density at radius 2 is 1.85 bits per heavy atom. The van der Waals surface area contributed by atoms with Crippen LogP contribution in [-0.2, 0) is 7.05 Å². The van der Waals surface area contributed by atoms with Gasteiger partial charge in [0.25, 0.3) is 0 Å². The van der Waals surface area contributed by atoms with Gasteiger partial charge in [-0.3, -0.25) is 4.68 Å². The van der Waals surface area contributed by atoms with Crippen molar-refractivity contribution in [3.8, 4) is 11.1 Å². The zero-order valence-corrected chi connectivity index (χ0v) is 15.1. The van der Waals surface area contributed by atoms with Gasteiger partial charge in [-0.25, -0.2) is 4.39 Å². The Balaban J connectivity index is 1.57. The molecule has 1 saturated heterocycles. The number of rotatable bonds is 2. The minimum atomic E-state index is -0.251. The van der Waals surface area contributed by atoms with Crippen molar-refractivity contribution in [2.45, 2.75) is 18.8 Å². The fraction of sp³-hybridized carbons (Fsp3) is 0.286. The van der Waals surface area contributed by atoms with E-state index in [-0.39, 0.29) is 5.82 Å². The molecule has 0 amide bonds. The first kappa shape index (κ1) is 16.3. The molecule has 0 aliphatic carbocycles. The smallest absolute Gasteiger partial charge is 0.133 e. The number of benzene rings is 2. The lowest BCUT2D eigenvalue weighted by atomic mass is 9.93. The van der Waals surface area contributed by atoms with E-state index in [2.05, 4.69) is 20.6 Å². The van der Waals surface area contributed by atoms with Crippen molar-refractivity contribution in [2.24, 2.45) is 7.05 Å². The maximum Gasteiger partial charge on any atom is 0.133 e. The van der Waals surface area contributed by atoms with Crippen molar-refractivity contribution in [3.63, 3.8) is 0 Å². The number of nitrogens with one attached hydrogen (secondary N) is 1. The van der Waals surface area contributed by atoms with Crippen LogP contribution in [0, 0.1) is 5.82 Å². The van der Waals surface area contributed by atoms with Crippen LogP contribution in [0.25, 0.3) is 32.9 Å². The molecule has 27 heavy (non-hydrogen) atoms.